The number of nitrogens with zero attached hydrogens (tertiary/aromatic N) is 2. The van der Waals surface area contributed by atoms with Crippen LogP contribution in [0.3, 0.4) is 0 Å². The molecule has 1 aliphatic heterocycles. The summed E-state index contributed by atoms with van der Waals surface area (Å²) < 4.78 is 0. The zero-order valence-electron chi connectivity index (χ0n) is 11.1. The minimum atomic E-state index is -0.468. The molecule has 1 heterocycles. The molecule has 2 rings (SSSR count). The Morgan fingerprint density at radius 3 is 2.95 bits per heavy atom. The zero-order chi connectivity index (χ0) is 14.5. The monoisotopic (exact) mass is 299 g/mol. The Bertz CT molecular complexity index is 478. The van der Waals surface area contributed by atoms with Gasteiger partial charge in [-0.15, -0.1) is 0 Å². The van der Waals surface area contributed by atoms with Gasteiger partial charge in [-0.3, -0.25) is 10.1 Å². The van der Waals surface area contributed by atoms with Gasteiger partial charge in [0.1, 0.15) is 10.7 Å². The van der Waals surface area contributed by atoms with E-state index in [2.05, 4.69) is 5.32 Å². The average Bonchev–Trinajstić information content (AvgIpc) is 2.90. The normalized spacial score (nSPS) is 18.2. The third kappa shape index (κ3) is 3.39. The van der Waals surface area contributed by atoms with Crippen LogP contribution in [-0.2, 0) is 0 Å². The smallest absolute Gasteiger partial charge is 0.310 e. The summed E-state index contributed by atoms with van der Waals surface area (Å²) in [5.74, 6) is 0. The molecule has 7 heteroatoms. The van der Waals surface area contributed by atoms with Crippen molar-refractivity contribution in [2.24, 2.45) is 0 Å². The maximum absolute atomic E-state index is 11.2. The Hall–Kier alpha value is -1.37. The lowest BCUT2D eigenvalue weighted by atomic mass is 10.2. The van der Waals surface area contributed by atoms with Crippen molar-refractivity contribution in [3.8, 4) is 0 Å². The van der Waals surface area contributed by atoms with Gasteiger partial charge in [0.15, 0.2) is 0 Å². The maximum atomic E-state index is 11.2. The number of aliphatic hydroxyl groups is 1. The first kappa shape index (κ1) is 15.0. The van der Waals surface area contributed by atoms with Crippen LogP contribution in [0.25, 0.3) is 0 Å². The van der Waals surface area contributed by atoms with Gasteiger partial charge in [-0.2, -0.15) is 0 Å². The van der Waals surface area contributed by atoms with Gasteiger partial charge in [-0.25, -0.2) is 0 Å². The lowest BCUT2D eigenvalue weighted by Gasteiger charge is -2.27. The molecule has 1 atom stereocenters. The Kier molecular flexibility index (Phi) is 5.17. The second kappa shape index (κ2) is 6.88. The van der Waals surface area contributed by atoms with Crippen molar-refractivity contribution in [3.05, 3.63) is 33.3 Å². The molecule has 0 radical (unpaired) electrons. The number of hydrogen-bond acceptors (Lipinski definition) is 5. The maximum Gasteiger partial charge on any atom is 0.310 e. The molecule has 1 fully saturated rings. The first-order chi connectivity index (χ1) is 9.63. The summed E-state index contributed by atoms with van der Waals surface area (Å²) >= 11 is 5.94. The predicted octanol–water partition coefficient (Wildman–Crippen LogP) is 1.80. The largest absolute Gasteiger partial charge is 0.395 e. The first-order valence-electron chi connectivity index (χ1n) is 6.65. The van der Waals surface area contributed by atoms with Gasteiger partial charge in [0.2, 0.25) is 0 Å². The number of nitro benzene ring substituents is 1. The van der Waals surface area contributed by atoms with E-state index in [-0.39, 0.29) is 17.3 Å². The Balaban J connectivity index is 2.28. The van der Waals surface area contributed by atoms with Crippen molar-refractivity contribution >= 4 is 23.0 Å². The molecule has 20 heavy (non-hydrogen) atoms. The summed E-state index contributed by atoms with van der Waals surface area (Å²) in [5, 5.41) is 23.9. The number of aliphatic hydroxyl groups excluding tert-OH is 1. The zero-order valence-corrected chi connectivity index (χ0v) is 11.8. The summed E-state index contributed by atoms with van der Waals surface area (Å²) in [6, 6.07) is 5.17. The molecule has 0 spiro atoms. The highest BCUT2D eigenvalue weighted by atomic mass is 35.5. The van der Waals surface area contributed by atoms with Crippen LogP contribution in [-0.4, -0.2) is 42.3 Å². The van der Waals surface area contributed by atoms with Crippen LogP contribution in [0.1, 0.15) is 12.8 Å². The van der Waals surface area contributed by atoms with Crippen LogP contribution in [0.2, 0.25) is 5.02 Å². The van der Waals surface area contributed by atoms with Crippen molar-refractivity contribution in [3.63, 3.8) is 0 Å². The topological polar surface area (TPSA) is 78.6 Å². The van der Waals surface area contributed by atoms with Gasteiger partial charge in [0.25, 0.3) is 0 Å². The van der Waals surface area contributed by atoms with E-state index in [4.69, 9.17) is 11.6 Å². The number of anilines is 1. The van der Waals surface area contributed by atoms with Crippen molar-refractivity contribution < 1.29 is 10.0 Å². The van der Waals surface area contributed by atoms with Crippen molar-refractivity contribution in [1.29, 1.82) is 0 Å². The van der Waals surface area contributed by atoms with E-state index in [1.807, 2.05) is 4.90 Å². The van der Waals surface area contributed by atoms with E-state index in [0.29, 0.717) is 24.8 Å². The molecule has 0 amide bonds. The predicted molar refractivity (Wildman–Crippen MR) is 78.4 cm³/mol. The summed E-state index contributed by atoms with van der Waals surface area (Å²) in [7, 11) is 0. The fourth-order valence-corrected chi connectivity index (χ4v) is 2.79. The highest BCUT2D eigenvalue weighted by molar-refractivity contribution is 6.33. The van der Waals surface area contributed by atoms with Gasteiger partial charge in [-0.05, 0) is 31.5 Å². The molecule has 0 bridgehead atoms. The molecular weight excluding hydrogens is 282 g/mol. The van der Waals surface area contributed by atoms with E-state index in [9.17, 15) is 15.2 Å². The second-order valence-electron chi connectivity index (χ2n) is 4.83. The minimum absolute atomic E-state index is 0.0591. The molecule has 1 unspecified atom stereocenters. The van der Waals surface area contributed by atoms with Crippen molar-refractivity contribution in [2.75, 3.05) is 31.1 Å². The molecular formula is C13H18ClN3O3. The second-order valence-corrected chi connectivity index (χ2v) is 5.23. The van der Waals surface area contributed by atoms with E-state index in [0.717, 1.165) is 19.4 Å². The number of benzene rings is 1. The summed E-state index contributed by atoms with van der Waals surface area (Å²) in [6.07, 6.45) is 2.14. The molecule has 110 valence electrons. The minimum Gasteiger partial charge on any atom is -0.395 e. The van der Waals surface area contributed by atoms with Crippen LogP contribution in [0.15, 0.2) is 18.2 Å². The van der Waals surface area contributed by atoms with Gasteiger partial charge in [0.05, 0.1) is 11.5 Å². The summed E-state index contributed by atoms with van der Waals surface area (Å²) in [6.45, 7) is 1.88. The quantitative estimate of drug-likeness (QED) is 0.618. The summed E-state index contributed by atoms with van der Waals surface area (Å²) in [4.78, 5) is 12.6. The Morgan fingerprint density at radius 1 is 1.55 bits per heavy atom. The van der Waals surface area contributed by atoms with Gasteiger partial charge >= 0.3 is 5.69 Å². The standard InChI is InChI=1S/C13H18ClN3O3/c14-11-4-1-5-12(13(11)17(19)20)16(7-8-18)9-10-3-2-6-15-10/h1,4-5,10,15,18H,2-3,6-9H2. The molecule has 6 nitrogen and oxygen atoms in total. The third-order valence-corrected chi connectivity index (χ3v) is 3.77. The van der Waals surface area contributed by atoms with Gasteiger partial charge in [0, 0.05) is 19.1 Å². The Labute approximate surface area is 122 Å². The van der Waals surface area contributed by atoms with Gasteiger partial charge < -0.3 is 15.3 Å². The number of halogens is 1. The van der Waals surface area contributed by atoms with E-state index >= 15 is 0 Å². The molecule has 0 aliphatic carbocycles. The average molecular weight is 300 g/mol. The molecule has 1 saturated heterocycles. The SMILES string of the molecule is O=[N+]([O-])c1c(Cl)cccc1N(CCO)CC1CCCN1. The third-order valence-electron chi connectivity index (χ3n) is 3.46. The van der Waals surface area contributed by atoms with Crippen molar-refractivity contribution in [2.45, 2.75) is 18.9 Å². The molecule has 2 N–H and O–H groups in total. The number of rotatable bonds is 6. The van der Waals surface area contributed by atoms with Crippen LogP contribution < -0.4 is 10.2 Å². The number of para-hydroxylation sites is 1. The highest BCUT2D eigenvalue weighted by Crippen LogP contribution is 2.35. The van der Waals surface area contributed by atoms with Crippen LogP contribution in [0.5, 0.6) is 0 Å². The fraction of sp³-hybridized carbons (Fsp3) is 0.538. The molecule has 1 aliphatic rings. The lowest BCUT2D eigenvalue weighted by molar-refractivity contribution is -0.384. The fourth-order valence-electron chi connectivity index (χ4n) is 2.55. The van der Waals surface area contributed by atoms with Crippen LogP contribution >= 0.6 is 11.6 Å². The Morgan fingerprint density at radius 2 is 2.35 bits per heavy atom. The molecule has 0 saturated carbocycles. The highest BCUT2D eigenvalue weighted by Gasteiger charge is 2.25. The molecule has 1 aromatic carbocycles. The van der Waals surface area contributed by atoms with E-state index < -0.39 is 4.92 Å². The van der Waals surface area contributed by atoms with E-state index in [1.54, 1.807) is 12.1 Å². The van der Waals surface area contributed by atoms with Gasteiger partial charge in [-0.1, -0.05) is 17.7 Å². The molecule has 1 aromatic rings. The van der Waals surface area contributed by atoms with Crippen LogP contribution in [0.4, 0.5) is 11.4 Å². The number of nitrogens with one attached hydrogen (secondary N) is 1. The van der Waals surface area contributed by atoms with Crippen molar-refractivity contribution in [1.82, 2.24) is 5.32 Å². The lowest BCUT2D eigenvalue weighted by Crippen LogP contribution is -2.39. The van der Waals surface area contributed by atoms with E-state index in [1.165, 1.54) is 6.07 Å². The van der Waals surface area contributed by atoms with Crippen LogP contribution in [0, 0.1) is 10.1 Å². The molecule has 0 aromatic heterocycles. The number of hydrogen-bond donors (Lipinski definition) is 2. The first-order valence-corrected chi connectivity index (χ1v) is 7.03. The summed E-state index contributed by atoms with van der Waals surface area (Å²) in [5.41, 5.74) is 0.367. The number of nitro groups is 1.